The maximum Gasteiger partial charge on any atom is 0.0923 e. The highest BCUT2D eigenvalue weighted by molar-refractivity contribution is 5.59. The zero-order valence-corrected chi connectivity index (χ0v) is 12.9. The van der Waals surface area contributed by atoms with Gasteiger partial charge in [-0.1, -0.05) is 6.07 Å². The monoisotopic (exact) mass is 286 g/mol. The lowest BCUT2D eigenvalue weighted by atomic mass is 10.1. The average molecular weight is 286 g/mol. The van der Waals surface area contributed by atoms with Gasteiger partial charge in [0.15, 0.2) is 0 Å². The minimum atomic E-state index is 0.494. The summed E-state index contributed by atoms with van der Waals surface area (Å²) in [5.74, 6) is 1.31. The Labute approximate surface area is 127 Å². The number of piperidine rings is 1. The van der Waals surface area contributed by atoms with Crippen LogP contribution in [-0.2, 0) is 0 Å². The fraction of sp³-hybridized carbons (Fsp3) is 0.529. The van der Waals surface area contributed by atoms with Crippen LogP contribution in [0.5, 0.6) is 0 Å². The first-order valence-corrected chi connectivity index (χ1v) is 8.00. The lowest BCUT2D eigenvalue weighted by Gasteiger charge is -2.30. The second-order valence-corrected chi connectivity index (χ2v) is 6.21. The summed E-state index contributed by atoms with van der Waals surface area (Å²) in [5.41, 5.74) is 8.43. The van der Waals surface area contributed by atoms with Crippen LogP contribution in [0.1, 0.15) is 19.3 Å². The molecule has 2 aliphatic rings. The van der Waals surface area contributed by atoms with Gasteiger partial charge in [-0.25, -0.2) is 0 Å². The highest BCUT2D eigenvalue weighted by Crippen LogP contribution is 2.25. The smallest absolute Gasteiger partial charge is 0.0923 e. The molecule has 1 aromatic carbocycles. The maximum atomic E-state index is 5.79. The molecular formula is C17H26N4. The Morgan fingerprint density at radius 3 is 2.81 bits per heavy atom. The van der Waals surface area contributed by atoms with Crippen LogP contribution in [0.3, 0.4) is 0 Å². The van der Waals surface area contributed by atoms with Crippen LogP contribution in [-0.4, -0.2) is 33.2 Å². The topological polar surface area (TPSA) is 44.5 Å². The van der Waals surface area contributed by atoms with Crippen molar-refractivity contribution in [2.24, 2.45) is 11.7 Å². The van der Waals surface area contributed by atoms with Crippen molar-refractivity contribution in [2.75, 3.05) is 43.0 Å². The highest BCUT2D eigenvalue weighted by atomic mass is 15.1. The zero-order valence-electron chi connectivity index (χ0n) is 12.9. The van der Waals surface area contributed by atoms with Gasteiger partial charge in [0.25, 0.3) is 0 Å². The van der Waals surface area contributed by atoms with Crippen molar-refractivity contribution in [1.82, 2.24) is 5.32 Å². The Hall–Kier alpha value is -1.84. The Balaban J connectivity index is 1.67. The Morgan fingerprint density at radius 2 is 2.10 bits per heavy atom. The molecule has 1 fully saturated rings. The van der Waals surface area contributed by atoms with E-state index in [1.54, 1.807) is 0 Å². The standard InChI is InChI=1S/C17H26N4/c1-20(13-14-10-17(18)19-12-14)15-6-5-7-16(11-15)21-8-3-2-4-9-21/h5-7,10-11,14,19H,2-4,8-9,12-13,18H2,1H3/t14-/m0/s1. The minimum absolute atomic E-state index is 0.494. The van der Waals surface area contributed by atoms with Gasteiger partial charge in [0.1, 0.15) is 0 Å². The lowest BCUT2D eigenvalue weighted by molar-refractivity contribution is 0.577. The summed E-state index contributed by atoms with van der Waals surface area (Å²) >= 11 is 0. The molecule has 2 aliphatic heterocycles. The van der Waals surface area contributed by atoms with Gasteiger partial charge in [0, 0.05) is 50.5 Å². The third kappa shape index (κ3) is 3.43. The SMILES string of the molecule is CN(C[C@H]1C=C(N)NC1)c1cccc(N2CCCCC2)c1. The lowest BCUT2D eigenvalue weighted by Crippen LogP contribution is -2.30. The van der Waals surface area contributed by atoms with Crippen molar-refractivity contribution in [3.05, 3.63) is 36.2 Å². The van der Waals surface area contributed by atoms with E-state index in [-0.39, 0.29) is 0 Å². The van der Waals surface area contributed by atoms with Crippen molar-refractivity contribution in [3.63, 3.8) is 0 Å². The molecule has 0 unspecified atom stereocenters. The normalized spacial score (nSPS) is 21.9. The van der Waals surface area contributed by atoms with Crippen molar-refractivity contribution < 1.29 is 0 Å². The van der Waals surface area contributed by atoms with E-state index in [2.05, 4.69) is 52.5 Å². The molecule has 0 aromatic heterocycles. The number of hydrogen-bond donors (Lipinski definition) is 2. The van der Waals surface area contributed by atoms with E-state index in [4.69, 9.17) is 5.73 Å². The van der Waals surface area contributed by atoms with Crippen molar-refractivity contribution in [2.45, 2.75) is 19.3 Å². The van der Waals surface area contributed by atoms with Crippen LogP contribution in [0, 0.1) is 5.92 Å². The number of nitrogens with one attached hydrogen (secondary N) is 1. The molecule has 1 aromatic rings. The molecule has 0 bridgehead atoms. The van der Waals surface area contributed by atoms with Gasteiger partial charge in [-0.15, -0.1) is 0 Å². The predicted octanol–water partition coefficient (Wildman–Crippen LogP) is 2.13. The number of benzene rings is 1. The third-order valence-corrected chi connectivity index (χ3v) is 4.48. The Morgan fingerprint density at radius 1 is 1.29 bits per heavy atom. The van der Waals surface area contributed by atoms with Gasteiger partial charge < -0.3 is 20.9 Å². The first-order chi connectivity index (χ1) is 10.2. The summed E-state index contributed by atoms with van der Waals surface area (Å²) in [6.07, 6.45) is 6.14. The molecule has 0 radical (unpaired) electrons. The quantitative estimate of drug-likeness (QED) is 0.890. The molecule has 1 atom stereocenters. The van der Waals surface area contributed by atoms with Gasteiger partial charge in [0.2, 0.25) is 0 Å². The van der Waals surface area contributed by atoms with Gasteiger partial charge in [0.05, 0.1) is 5.82 Å². The number of hydrogen-bond acceptors (Lipinski definition) is 4. The summed E-state index contributed by atoms with van der Waals surface area (Å²) in [6, 6.07) is 8.92. The summed E-state index contributed by atoms with van der Waals surface area (Å²) < 4.78 is 0. The fourth-order valence-corrected chi connectivity index (χ4v) is 3.27. The van der Waals surface area contributed by atoms with E-state index in [1.165, 1.54) is 43.7 Å². The third-order valence-electron chi connectivity index (χ3n) is 4.48. The number of rotatable bonds is 4. The van der Waals surface area contributed by atoms with Crippen LogP contribution in [0.15, 0.2) is 36.2 Å². The van der Waals surface area contributed by atoms with Crippen LogP contribution >= 0.6 is 0 Å². The van der Waals surface area contributed by atoms with Gasteiger partial charge >= 0.3 is 0 Å². The van der Waals surface area contributed by atoms with E-state index in [0.29, 0.717) is 5.92 Å². The van der Waals surface area contributed by atoms with Crippen LogP contribution in [0.25, 0.3) is 0 Å². The summed E-state index contributed by atoms with van der Waals surface area (Å²) in [4.78, 5) is 4.84. The molecular weight excluding hydrogens is 260 g/mol. The van der Waals surface area contributed by atoms with E-state index in [9.17, 15) is 0 Å². The van der Waals surface area contributed by atoms with E-state index >= 15 is 0 Å². The van der Waals surface area contributed by atoms with Gasteiger partial charge in [-0.3, -0.25) is 0 Å². The highest BCUT2D eigenvalue weighted by Gasteiger charge is 2.16. The molecule has 2 heterocycles. The fourth-order valence-electron chi connectivity index (χ4n) is 3.27. The first kappa shape index (κ1) is 14.1. The molecule has 0 spiro atoms. The minimum Gasteiger partial charge on any atom is -0.386 e. The van der Waals surface area contributed by atoms with E-state index in [0.717, 1.165) is 18.9 Å². The molecule has 114 valence electrons. The van der Waals surface area contributed by atoms with Crippen LogP contribution < -0.4 is 20.9 Å². The molecule has 0 amide bonds. The molecule has 4 heteroatoms. The summed E-state index contributed by atoms with van der Waals surface area (Å²) in [5, 5.41) is 3.19. The molecule has 0 aliphatic carbocycles. The Bertz CT molecular complexity index is 505. The molecule has 1 saturated heterocycles. The number of nitrogens with zero attached hydrogens (tertiary/aromatic N) is 2. The van der Waals surface area contributed by atoms with Crippen molar-refractivity contribution in [3.8, 4) is 0 Å². The molecule has 21 heavy (non-hydrogen) atoms. The number of nitrogens with two attached hydrogens (primary N) is 1. The molecule has 3 N–H and O–H groups in total. The average Bonchev–Trinajstić information content (AvgIpc) is 2.93. The van der Waals surface area contributed by atoms with E-state index in [1.807, 2.05) is 0 Å². The molecule has 4 nitrogen and oxygen atoms in total. The first-order valence-electron chi connectivity index (χ1n) is 8.00. The maximum absolute atomic E-state index is 5.79. The van der Waals surface area contributed by atoms with Crippen LogP contribution in [0.2, 0.25) is 0 Å². The largest absolute Gasteiger partial charge is 0.386 e. The van der Waals surface area contributed by atoms with Gasteiger partial charge in [-0.2, -0.15) is 0 Å². The summed E-state index contributed by atoms with van der Waals surface area (Å²) in [6.45, 7) is 4.33. The second-order valence-electron chi connectivity index (χ2n) is 6.21. The van der Waals surface area contributed by atoms with Crippen LogP contribution in [0.4, 0.5) is 11.4 Å². The Kier molecular flexibility index (Phi) is 4.23. The zero-order chi connectivity index (χ0) is 14.7. The van der Waals surface area contributed by atoms with E-state index < -0.39 is 0 Å². The molecule has 3 rings (SSSR count). The van der Waals surface area contributed by atoms with Crippen molar-refractivity contribution in [1.29, 1.82) is 0 Å². The van der Waals surface area contributed by atoms with Crippen molar-refractivity contribution >= 4 is 11.4 Å². The number of anilines is 2. The second kappa shape index (κ2) is 6.29. The van der Waals surface area contributed by atoms with Gasteiger partial charge in [-0.05, 0) is 43.5 Å². The molecule has 0 saturated carbocycles. The summed E-state index contributed by atoms with van der Waals surface area (Å²) in [7, 11) is 2.16. The predicted molar refractivity (Wildman–Crippen MR) is 89.5 cm³/mol.